The number of fused-ring (bicyclic) bond motifs is 1. The van der Waals surface area contributed by atoms with Crippen molar-refractivity contribution in [2.75, 3.05) is 5.32 Å². The molecule has 0 unspecified atom stereocenters. The third-order valence-electron chi connectivity index (χ3n) is 3.65. The van der Waals surface area contributed by atoms with Gasteiger partial charge in [-0.2, -0.15) is 5.10 Å². The molecule has 1 amide bonds. The molecule has 0 radical (unpaired) electrons. The Kier molecular flexibility index (Phi) is 3.65. The van der Waals surface area contributed by atoms with Crippen LogP contribution in [0.1, 0.15) is 18.9 Å². The van der Waals surface area contributed by atoms with Gasteiger partial charge in [-0.1, -0.05) is 42.5 Å². The van der Waals surface area contributed by atoms with Crippen LogP contribution in [-0.4, -0.2) is 21.2 Å². The quantitative estimate of drug-likeness (QED) is 0.692. The van der Waals surface area contributed by atoms with Crippen molar-refractivity contribution in [3.63, 3.8) is 0 Å². The fourth-order valence-corrected chi connectivity index (χ4v) is 2.48. The maximum atomic E-state index is 12.3. The normalized spacial score (nSPS) is 13.7. The van der Waals surface area contributed by atoms with Crippen molar-refractivity contribution in [3.05, 3.63) is 60.3 Å². The van der Waals surface area contributed by atoms with Crippen LogP contribution in [-0.2, 0) is 10.4 Å². The van der Waals surface area contributed by atoms with Gasteiger partial charge in [-0.15, -0.1) is 0 Å². The smallest absolute Gasteiger partial charge is 0.227 e. The molecule has 5 nitrogen and oxygen atoms in total. The van der Waals surface area contributed by atoms with Crippen LogP contribution in [0.5, 0.6) is 0 Å². The predicted molar refractivity (Wildman–Crippen MR) is 85.4 cm³/mol. The summed E-state index contributed by atoms with van der Waals surface area (Å²) < 4.78 is 0. The maximum Gasteiger partial charge on any atom is 0.227 e. The summed E-state index contributed by atoms with van der Waals surface area (Å²) >= 11 is 0. The molecule has 1 aromatic heterocycles. The number of H-pyrrole nitrogens is 1. The van der Waals surface area contributed by atoms with Crippen LogP contribution in [0.25, 0.3) is 10.9 Å². The van der Waals surface area contributed by atoms with E-state index >= 15 is 0 Å². The Bertz CT molecular complexity index is 794. The summed E-state index contributed by atoms with van der Waals surface area (Å²) in [5, 5.41) is 21.1. The SMILES string of the molecule is C[C@](O)(CC(=O)Nc1cccc2cn[nH]c12)c1ccccc1. The number of aromatic nitrogens is 2. The summed E-state index contributed by atoms with van der Waals surface area (Å²) in [5.41, 5.74) is 0.928. The molecule has 3 rings (SSSR count). The molecule has 1 atom stereocenters. The average Bonchev–Trinajstić information content (AvgIpc) is 2.97. The molecule has 0 fully saturated rings. The van der Waals surface area contributed by atoms with Gasteiger partial charge < -0.3 is 10.4 Å². The molecule has 3 aromatic rings. The van der Waals surface area contributed by atoms with Gasteiger partial charge in [0.25, 0.3) is 0 Å². The highest BCUT2D eigenvalue weighted by Crippen LogP contribution is 2.26. The average molecular weight is 295 g/mol. The molecule has 5 heteroatoms. The number of aliphatic hydroxyl groups is 1. The highest BCUT2D eigenvalue weighted by Gasteiger charge is 2.26. The van der Waals surface area contributed by atoms with E-state index in [4.69, 9.17) is 0 Å². The van der Waals surface area contributed by atoms with Crippen LogP contribution in [0.4, 0.5) is 5.69 Å². The summed E-state index contributed by atoms with van der Waals surface area (Å²) in [6, 6.07) is 14.7. The van der Waals surface area contributed by atoms with Crippen molar-refractivity contribution in [2.45, 2.75) is 18.9 Å². The van der Waals surface area contributed by atoms with E-state index in [0.717, 1.165) is 10.9 Å². The van der Waals surface area contributed by atoms with Crippen molar-refractivity contribution in [3.8, 4) is 0 Å². The van der Waals surface area contributed by atoms with Crippen molar-refractivity contribution < 1.29 is 9.90 Å². The Balaban J connectivity index is 1.77. The number of nitrogens with one attached hydrogen (secondary N) is 2. The number of amides is 1. The number of anilines is 1. The molecule has 0 saturated heterocycles. The predicted octanol–water partition coefficient (Wildman–Crippen LogP) is 2.80. The molecular weight excluding hydrogens is 278 g/mol. The van der Waals surface area contributed by atoms with Crippen molar-refractivity contribution in [2.24, 2.45) is 0 Å². The van der Waals surface area contributed by atoms with Crippen LogP contribution in [0.15, 0.2) is 54.7 Å². The molecule has 2 aromatic carbocycles. The lowest BCUT2D eigenvalue weighted by Gasteiger charge is -2.23. The summed E-state index contributed by atoms with van der Waals surface area (Å²) in [5.74, 6) is -0.254. The van der Waals surface area contributed by atoms with Gasteiger partial charge in [0.05, 0.1) is 29.4 Å². The number of para-hydroxylation sites is 1. The Labute approximate surface area is 128 Å². The Morgan fingerprint density at radius 3 is 2.77 bits per heavy atom. The first kappa shape index (κ1) is 14.3. The topological polar surface area (TPSA) is 78.0 Å². The van der Waals surface area contributed by atoms with Gasteiger partial charge in [0, 0.05) is 5.39 Å². The number of nitrogens with zero attached hydrogens (tertiary/aromatic N) is 1. The molecule has 1 heterocycles. The van der Waals surface area contributed by atoms with Crippen LogP contribution >= 0.6 is 0 Å². The number of benzene rings is 2. The molecule has 22 heavy (non-hydrogen) atoms. The minimum absolute atomic E-state index is 0.0263. The fourth-order valence-electron chi connectivity index (χ4n) is 2.48. The maximum absolute atomic E-state index is 12.3. The number of hydrogen-bond donors (Lipinski definition) is 3. The summed E-state index contributed by atoms with van der Waals surface area (Å²) in [6.45, 7) is 1.64. The molecular formula is C17H17N3O2. The molecule has 3 N–H and O–H groups in total. The van der Waals surface area contributed by atoms with E-state index in [0.29, 0.717) is 11.3 Å². The second-order valence-electron chi connectivity index (χ2n) is 5.50. The third-order valence-corrected chi connectivity index (χ3v) is 3.65. The minimum atomic E-state index is -1.22. The van der Waals surface area contributed by atoms with Crippen LogP contribution in [0.3, 0.4) is 0 Å². The first-order valence-corrected chi connectivity index (χ1v) is 7.06. The second-order valence-corrected chi connectivity index (χ2v) is 5.50. The highest BCUT2D eigenvalue weighted by molar-refractivity contribution is 6.00. The van der Waals surface area contributed by atoms with Crippen LogP contribution in [0.2, 0.25) is 0 Å². The standard InChI is InChI=1S/C17H17N3O2/c1-17(22,13-7-3-2-4-8-13)10-15(21)19-14-9-5-6-12-11-18-20-16(12)14/h2-9,11,22H,10H2,1H3,(H,18,20)(H,19,21)/t17-/m0/s1. The van der Waals surface area contributed by atoms with E-state index in [2.05, 4.69) is 15.5 Å². The van der Waals surface area contributed by atoms with Crippen LogP contribution in [0, 0.1) is 0 Å². The lowest BCUT2D eigenvalue weighted by atomic mass is 9.92. The van der Waals surface area contributed by atoms with Crippen molar-refractivity contribution in [1.29, 1.82) is 0 Å². The Hall–Kier alpha value is -2.66. The van der Waals surface area contributed by atoms with Gasteiger partial charge in [0.15, 0.2) is 0 Å². The van der Waals surface area contributed by atoms with E-state index in [9.17, 15) is 9.90 Å². The van der Waals surface area contributed by atoms with Gasteiger partial charge in [0.1, 0.15) is 0 Å². The Morgan fingerprint density at radius 2 is 2.00 bits per heavy atom. The van der Waals surface area contributed by atoms with Crippen molar-refractivity contribution in [1.82, 2.24) is 10.2 Å². The van der Waals surface area contributed by atoms with E-state index in [-0.39, 0.29) is 12.3 Å². The molecule has 0 aliphatic carbocycles. The van der Waals surface area contributed by atoms with E-state index in [1.807, 2.05) is 42.5 Å². The molecule has 112 valence electrons. The summed E-state index contributed by atoms with van der Waals surface area (Å²) in [7, 11) is 0. The monoisotopic (exact) mass is 295 g/mol. The fraction of sp³-hybridized carbons (Fsp3) is 0.176. The first-order valence-electron chi connectivity index (χ1n) is 7.06. The summed E-state index contributed by atoms with van der Waals surface area (Å²) in [6.07, 6.45) is 1.67. The third kappa shape index (κ3) is 2.84. The van der Waals surface area contributed by atoms with Crippen molar-refractivity contribution >= 4 is 22.5 Å². The second kappa shape index (κ2) is 5.61. The number of carbonyl (C=O) groups excluding carboxylic acids is 1. The lowest BCUT2D eigenvalue weighted by molar-refractivity contribution is -0.120. The molecule has 0 aliphatic heterocycles. The van der Waals surface area contributed by atoms with Gasteiger partial charge in [0.2, 0.25) is 5.91 Å². The highest BCUT2D eigenvalue weighted by atomic mass is 16.3. The molecule has 0 spiro atoms. The number of rotatable bonds is 4. The zero-order valence-corrected chi connectivity index (χ0v) is 12.2. The lowest BCUT2D eigenvalue weighted by Crippen LogP contribution is -2.28. The van der Waals surface area contributed by atoms with Gasteiger partial charge in [-0.05, 0) is 18.6 Å². The van der Waals surface area contributed by atoms with Gasteiger partial charge in [-0.25, -0.2) is 0 Å². The van der Waals surface area contributed by atoms with E-state index in [1.54, 1.807) is 19.2 Å². The Morgan fingerprint density at radius 1 is 1.23 bits per heavy atom. The molecule has 0 saturated carbocycles. The number of carbonyl (C=O) groups is 1. The number of hydrogen-bond acceptors (Lipinski definition) is 3. The largest absolute Gasteiger partial charge is 0.385 e. The zero-order valence-electron chi connectivity index (χ0n) is 12.2. The van der Waals surface area contributed by atoms with E-state index < -0.39 is 5.60 Å². The van der Waals surface area contributed by atoms with Gasteiger partial charge in [-0.3, -0.25) is 9.89 Å². The zero-order chi connectivity index (χ0) is 15.6. The van der Waals surface area contributed by atoms with Gasteiger partial charge >= 0.3 is 0 Å². The molecule has 0 bridgehead atoms. The minimum Gasteiger partial charge on any atom is -0.385 e. The first-order chi connectivity index (χ1) is 10.6. The number of aromatic amines is 1. The van der Waals surface area contributed by atoms with E-state index in [1.165, 1.54) is 0 Å². The summed E-state index contributed by atoms with van der Waals surface area (Å²) in [4.78, 5) is 12.3. The van der Waals surface area contributed by atoms with Crippen LogP contribution < -0.4 is 5.32 Å². The molecule has 0 aliphatic rings.